The van der Waals surface area contributed by atoms with Crippen LogP contribution in [0.1, 0.15) is 0 Å². The van der Waals surface area contributed by atoms with Gasteiger partial charge < -0.3 is 15.4 Å². The van der Waals surface area contributed by atoms with Crippen molar-refractivity contribution < 1.29 is 9.53 Å². The molecule has 0 aliphatic heterocycles. The lowest BCUT2D eigenvalue weighted by Crippen LogP contribution is -2.24. The molecule has 1 aromatic heterocycles. The zero-order chi connectivity index (χ0) is 12.3. The van der Waals surface area contributed by atoms with Gasteiger partial charge in [0.2, 0.25) is 5.91 Å². The molecule has 0 unspecified atom stereocenters. The predicted molar refractivity (Wildman–Crippen MR) is 68.7 cm³/mol. The lowest BCUT2D eigenvalue weighted by molar-refractivity contribution is -0.115. The molecular formula is C11H13N3O2S. The second kappa shape index (κ2) is 5.11. The number of methoxy groups -OCH3 is 1. The Morgan fingerprint density at radius 2 is 2.35 bits per heavy atom. The van der Waals surface area contributed by atoms with Gasteiger partial charge in [-0.15, -0.1) is 0 Å². The molecule has 5 nitrogen and oxygen atoms in total. The number of carbonyl (C=O) groups is 1. The first-order chi connectivity index (χ1) is 8.22. The van der Waals surface area contributed by atoms with E-state index < -0.39 is 0 Å². The zero-order valence-corrected chi connectivity index (χ0v) is 10.4. The summed E-state index contributed by atoms with van der Waals surface area (Å²) in [4.78, 5) is 15.7. The number of hydrogen-bond acceptors (Lipinski definition) is 5. The van der Waals surface area contributed by atoms with E-state index in [2.05, 4.69) is 15.6 Å². The van der Waals surface area contributed by atoms with E-state index in [4.69, 9.17) is 4.74 Å². The summed E-state index contributed by atoms with van der Waals surface area (Å²) in [5.41, 5.74) is 0.828. The van der Waals surface area contributed by atoms with Crippen molar-refractivity contribution in [3.05, 3.63) is 18.2 Å². The number of carbonyl (C=O) groups excluding carboxylic acids is 1. The summed E-state index contributed by atoms with van der Waals surface area (Å²) in [6.07, 6.45) is 0. The van der Waals surface area contributed by atoms with Crippen LogP contribution in [0.4, 0.5) is 5.13 Å². The highest BCUT2D eigenvalue weighted by atomic mass is 32.1. The van der Waals surface area contributed by atoms with Gasteiger partial charge in [0, 0.05) is 6.07 Å². The molecule has 2 rings (SSSR count). The zero-order valence-electron chi connectivity index (χ0n) is 9.61. The molecule has 0 atom stereocenters. The average Bonchev–Trinajstić information content (AvgIpc) is 2.69. The van der Waals surface area contributed by atoms with E-state index in [1.807, 2.05) is 18.2 Å². The van der Waals surface area contributed by atoms with Crippen LogP contribution in [0.5, 0.6) is 5.75 Å². The molecule has 0 saturated heterocycles. The van der Waals surface area contributed by atoms with E-state index in [-0.39, 0.29) is 12.5 Å². The number of fused-ring (bicyclic) bond motifs is 1. The fourth-order valence-electron chi connectivity index (χ4n) is 1.41. The van der Waals surface area contributed by atoms with Gasteiger partial charge in [-0.1, -0.05) is 11.3 Å². The number of anilines is 1. The largest absolute Gasteiger partial charge is 0.497 e. The van der Waals surface area contributed by atoms with E-state index in [1.165, 1.54) is 11.3 Å². The van der Waals surface area contributed by atoms with Gasteiger partial charge in [0.15, 0.2) is 5.13 Å². The van der Waals surface area contributed by atoms with E-state index >= 15 is 0 Å². The first-order valence-electron chi connectivity index (χ1n) is 5.12. The standard InChI is InChI=1S/C11H13N3O2S/c1-12-6-10(15)14-11-13-8-5-7(16-2)3-4-9(8)17-11/h3-5,12H,6H2,1-2H3,(H,13,14,15). The quantitative estimate of drug-likeness (QED) is 0.863. The maximum Gasteiger partial charge on any atom is 0.240 e. The molecule has 6 heteroatoms. The van der Waals surface area contributed by atoms with E-state index in [0.29, 0.717) is 5.13 Å². The molecular weight excluding hydrogens is 238 g/mol. The van der Waals surface area contributed by atoms with Crippen LogP contribution in [0.15, 0.2) is 18.2 Å². The third-order valence-electron chi connectivity index (χ3n) is 2.18. The second-order valence-electron chi connectivity index (χ2n) is 3.43. The molecule has 2 N–H and O–H groups in total. The lowest BCUT2D eigenvalue weighted by Gasteiger charge is -1.98. The fraction of sp³-hybridized carbons (Fsp3) is 0.273. The topological polar surface area (TPSA) is 63.2 Å². The van der Waals surface area contributed by atoms with Crippen LogP contribution in [0.3, 0.4) is 0 Å². The number of amides is 1. The lowest BCUT2D eigenvalue weighted by atomic mass is 10.3. The van der Waals surface area contributed by atoms with Crippen molar-refractivity contribution in [2.45, 2.75) is 0 Å². The fourth-order valence-corrected chi connectivity index (χ4v) is 2.27. The van der Waals surface area contributed by atoms with Crippen molar-refractivity contribution in [2.24, 2.45) is 0 Å². The Bertz CT molecular complexity index is 538. The summed E-state index contributed by atoms with van der Waals surface area (Å²) in [5, 5.41) is 6.12. The molecule has 1 heterocycles. The van der Waals surface area contributed by atoms with Crippen molar-refractivity contribution in [3.8, 4) is 5.75 Å². The Morgan fingerprint density at radius 3 is 3.06 bits per heavy atom. The molecule has 1 amide bonds. The monoisotopic (exact) mass is 251 g/mol. The van der Waals surface area contributed by atoms with Crippen molar-refractivity contribution in [1.82, 2.24) is 10.3 Å². The number of hydrogen-bond donors (Lipinski definition) is 2. The third-order valence-corrected chi connectivity index (χ3v) is 3.13. The predicted octanol–water partition coefficient (Wildman–Crippen LogP) is 1.46. The van der Waals surface area contributed by atoms with Crippen molar-refractivity contribution in [2.75, 3.05) is 26.0 Å². The maximum atomic E-state index is 11.4. The summed E-state index contributed by atoms with van der Waals surface area (Å²) < 4.78 is 6.14. The molecule has 0 aliphatic carbocycles. The van der Waals surface area contributed by atoms with E-state index in [9.17, 15) is 4.79 Å². The SMILES string of the molecule is CNCC(=O)Nc1nc2cc(OC)ccc2s1. The Labute approximate surface area is 103 Å². The molecule has 90 valence electrons. The van der Waals surface area contributed by atoms with Crippen LogP contribution in [0.2, 0.25) is 0 Å². The molecule has 0 fully saturated rings. The first kappa shape index (κ1) is 11.8. The van der Waals surface area contributed by atoms with Gasteiger partial charge in [0.25, 0.3) is 0 Å². The number of ether oxygens (including phenoxy) is 1. The van der Waals surface area contributed by atoms with Gasteiger partial charge in [-0.3, -0.25) is 4.79 Å². The van der Waals surface area contributed by atoms with Gasteiger partial charge in [-0.25, -0.2) is 4.98 Å². The van der Waals surface area contributed by atoms with Crippen molar-refractivity contribution in [1.29, 1.82) is 0 Å². The van der Waals surface area contributed by atoms with Gasteiger partial charge in [-0.2, -0.15) is 0 Å². The first-order valence-corrected chi connectivity index (χ1v) is 5.93. The van der Waals surface area contributed by atoms with Crippen LogP contribution >= 0.6 is 11.3 Å². The number of benzene rings is 1. The summed E-state index contributed by atoms with van der Waals surface area (Å²) in [7, 11) is 3.34. The highest BCUT2D eigenvalue weighted by Crippen LogP contribution is 2.28. The Hall–Kier alpha value is -1.66. The summed E-state index contributed by atoms with van der Waals surface area (Å²) >= 11 is 1.44. The Kier molecular flexibility index (Phi) is 3.55. The number of nitrogens with one attached hydrogen (secondary N) is 2. The molecule has 0 bridgehead atoms. The van der Waals surface area contributed by atoms with Crippen LogP contribution in [-0.4, -0.2) is 31.6 Å². The highest BCUT2D eigenvalue weighted by Gasteiger charge is 2.07. The molecule has 0 saturated carbocycles. The van der Waals surface area contributed by atoms with Crippen molar-refractivity contribution >= 4 is 32.6 Å². The second-order valence-corrected chi connectivity index (χ2v) is 4.46. The Balaban J connectivity index is 2.22. The van der Waals surface area contributed by atoms with Gasteiger partial charge in [0.1, 0.15) is 5.75 Å². The Morgan fingerprint density at radius 1 is 1.53 bits per heavy atom. The molecule has 0 spiro atoms. The molecule has 17 heavy (non-hydrogen) atoms. The van der Waals surface area contributed by atoms with E-state index in [0.717, 1.165) is 16.0 Å². The molecule has 2 aromatic rings. The van der Waals surface area contributed by atoms with Crippen molar-refractivity contribution in [3.63, 3.8) is 0 Å². The number of thiazole rings is 1. The number of rotatable bonds is 4. The smallest absolute Gasteiger partial charge is 0.240 e. The third kappa shape index (κ3) is 2.72. The van der Waals surface area contributed by atoms with Crippen LogP contribution < -0.4 is 15.4 Å². The molecule has 1 aromatic carbocycles. The van der Waals surface area contributed by atoms with Gasteiger partial charge in [0.05, 0.1) is 23.9 Å². The minimum Gasteiger partial charge on any atom is -0.497 e. The van der Waals surface area contributed by atoms with Crippen LogP contribution in [-0.2, 0) is 4.79 Å². The minimum atomic E-state index is -0.0986. The summed E-state index contributed by atoms with van der Waals surface area (Å²) in [5.74, 6) is 0.662. The average molecular weight is 251 g/mol. The van der Waals surface area contributed by atoms with Gasteiger partial charge >= 0.3 is 0 Å². The number of likely N-dealkylation sites (N-methyl/N-ethyl adjacent to an activating group) is 1. The van der Waals surface area contributed by atoms with Gasteiger partial charge in [-0.05, 0) is 19.2 Å². The van der Waals surface area contributed by atoms with Crippen LogP contribution in [0.25, 0.3) is 10.2 Å². The molecule has 0 radical (unpaired) electrons. The van der Waals surface area contributed by atoms with E-state index in [1.54, 1.807) is 14.2 Å². The summed E-state index contributed by atoms with van der Waals surface area (Å²) in [6, 6.07) is 5.65. The normalized spacial score (nSPS) is 10.5. The minimum absolute atomic E-state index is 0.0986. The molecule has 0 aliphatic rings. The number of nitrogens with zero attached hydrogens (tertiary/aromatic N) is 1. The summed E-state index contributed by atoms with van der Waals surface area (Å²) in [6.45, 7) is 0.277. The van der Waals surface area contributed by atoms with Crippen LogP contribution in [0, 0.1) is 0 Å². The number of aromatic nitrogens is 1. The maximum absolute atomic E-state index is 11.4. The highest BCUT2D eigenvalue weighted by molar-refractivity contribution is 7.22.